The Morgan fingerprint density at radius 2 is 2.35 bits per heavy atom. The highest BCUT2D eigenvalue weighted by atomic mass is 16.5. The van der Waals surface area contributed by atoms with Crippen LogP contribution in [0.5, 0.6) is 0 Å². The topological polar surface area (TPSA) is 69.7 Å². The van der Waals surface area contributed by atoms with Gasteiger partial charge in [-0.1, -0.05) is 12.2 Å². The van der Waals surface area contributed by atoms with Gasteiger partial charge < -0.3 is 19.5 Å². The Hall–Kier alpha value is -1.36. The lowest BCUT2D eigenvalue weighted by molar-refractivity contribution is -0.313. The number of hydrogen-bond acceptors (Lipinski definition) is 4. The average Bonchev–Trinajstić information content (AvgIpc) is 2.86. The summed E-state index contributed by atoms with van der Waals surface area (Å²) in [5, 5.41) is 11.2. The molecule has 2 fully saturated rings. The van der Waals surface area contributed by atoms with E-state index in [0.717, 1.165) is 0 Å². The molecule has 3 aliphatic heterocycles. The van der Waals surface area contributed by atoms with E-state index >= 15 is 0 Å². The van der Waals surface area contributed by atoms with Crippen molar-refractivity contribution in [2.45, 2.75) is 31.6 Å². The van der Waals surface area contributed by atoms with Gasteiger partial charge in [0.1, 0.15) is 5.60 Å². The second-order valence-electron chi connectivity index (χ2n) is 5.28. The van der Waals surface area contributed by atoms with E-state index in [9.17, 15) is 14.7 Å². The minimum atomic E-state index is -1.19. The number of ether oxygens (including phenoxy) is 1. The van der Waals surface area contributed by atoms with E-state index < -0.39 is 29.5 Å². The van der Waals surface area contributed by atoms with Crippen molar-refractivity contribution in [1.29, 1.82) is 0 Å². The van der Waals surface area contributed by atoms with Gasteiger partial charge in [-0.2, -0.15) is 0 Å². The standard InChI is InChI=1S/C12H15NO4/c1-6(2)13-5-12-4-3-7(17-12)8(11(15)16)9(12)10(13)14/h3-4,6-9H,5H2,1-2H3,(H,15,16)/p-1/t7-,8+,9-,12-/m1/s1. The van der Waals surface area contributed by atoms with E-state index in [0.29, 0.717) is 6.54 Å². The third kappa shape index (κ3) is 1.17. The van der Waals surface area contributed by atoms with Gasteiger partial charge in [0.15, 0.2) is 0 Å². The van der Waals surface area contributed by atoms with Gasteiger partial charge in [-0.05, 0) is 13.8 Å². The van der Waals surface area contributed by atoms with Crippen molar-refractivity contribution in [2.24, 2.45) is 11.8 Å². The van der Waals surface area contributed by atoms with Crippen LogP contribution in [0.3, 0.4) is 0 Å². The molecule has 0 aromatic carbocycles. The molecule has 3 heterocycles. The number of rotatable bonds is 2. The fourth-order valence-electron chi connectivity index (χ4n) is 3.23. The molecule has 2 bridgehead atoms. The quantitative estimate of drug-likeness (QED) is 0.572. The molecular weight excluding hydrogens is 222 g/mol. The summed E-state index contributed by atoms with van der Waals surface area (Å²) in [5.41, 5.74) is -0.725. The van der Waals surface area contributed by atoms with Gasteiger partial charge in [-0.3, -0.25) is 4.79 Å². The summed E-state index contributed by atoms with van der Waals surface area (Å²) in [6, 6.07) is 0.0564. The Morgan fingerprint density at radius 1 is 1.65 bits per heavy atom. The molecule has 5 heteroatoms. The fourth-order valence-corrected chi connectivity index (χ4v) is 3.23. The van der Waals surface area contributed by atoms with Crippen molar-refractivity contribution in [3.63, 3.8) is 0 Å². The maximum atomic E-state index is 12.2. The summed E-state index contributed by atoms with van der Waals surface area (Å²) in [6.07, 6.45) is 3.10. The molecule has 0 unspecified atom stereocenters. The number of likely N-dealkylation sites (tertiary alicyclic amines) is 1. The molecule has 17 heavy (non-hydrogen) atoms. The molecule has 0 N–H and O–H groups in total. The maximum Gasteiger partial charge on any atom is 0.230 e. The summed E-state index contributed by atoms with van der Waals surface area (Å²) < 4.78 is 5.71. The molecule has 92 valence electrons. The first-order chi connectivity index (χ1) is 7.96. The van der Waals surface area contributed by atoms with Gasteiger partial charge in [-0.25, -0.2) is 0 Å². The minimum absolute atomic E-state index is 0.0564. The highest BCUT2D eigenvalue weighted by molar-refractivity contribution is 5.90. The lowest BCUT2D eigenvalue weighted by Gasteiger charge is -2.25. The van der Waals surface area contributed by atoms with Crippen molar-refractivity contribution in [2.75, 3.05) is 6.54 Å². The molecule has 0 aliphatic carbocycles. The SMILES string of the molecule is CC(C)N1C[C@@]23C=C[C@@H](O2)[C@H](C(=O)[O-])[C@@H]3C1=O. The van der Waals surface area contributed by atoms with Crippen molar-refractivity contribution in [3.8, 4) is 0 Å². The third-order valence-corrected chi connectivity index (χ3v) is 4.03. The van der Waals surface area contributed by atoms with Crippen LogP contribution in [0.2, 0.25) is 0 Å². The van der Waals surface area contributed by atoms with Gasteiger partial charge in [0.25, 0.3) is 0 Å². The van der Waals surface area contributed by atoms with Crippen molar-refractivity contribution < 1.29 is 19.4 Å². The molecule has 0 aromatic rings. The molecule has 3 rings (SSSR count). The number of carboxylic acid groups (broad SMARTS) is 1. The lowest BCUT2D eigenvalue weighted by Crippen LogP contribution is -2.45. The largest absolute Gasteiger partial charge is 0.550 e. The number of hydrogen-bond donors (Lipinski definition) is 0. The molecule has 1 amide bonds. The highest BCUT2D eigenvalue weighted by Crippen LogP contribution is 2.51. The van der Waals surface area contributed by atoms with E-state index in [1.54, 1.807) is 11.0 Å². The molecule has 0 saturated carbocycles. The van der Waals surface area contributed by atoms with Crippen LogP contribution < -0.4 is 5.11 Å². The van der Waals surface area contributed by atoms with Crippen molar-refractivity contribution >= 4 is 11.9 Å². The molecule has 5 nitrogen and oxygen atoms in total. The maximum absolute atomic E-state index is 12.2. The molecule has 3 aliphatic rings. The monoisotopic (exact) mass is 236 g/mol. The molecule has 4 atom stereocenters. The Labute approximate surface area is 99.0 Å². The number of nitrogens with zero attached hydrogens (tertiary/aromatic N) is 1. The zero-order valence-electron chi connectivity index (χ0n) is 9.75. The Morgan fingerprint density at radius 3 is 2.94 bits per heavy atom. The van der Waals surface area contributed by atoms with Gasteiger partial charge in [-0.15, -0.1) is 0 Å². The van der Waals surface area contributed by atoms with Crippen LogP contribution in [0.25, 0.3) is 0 Å². The van der Waals surface area contributed by atoms with Crippen LogP contribution in [-0.4, -0.2) is 41.1 Å². The van der Waals surface area contributed by atoms with Crippen LogP contribution in [0.4, 0.5) is 0 Å². The Balaban J connectivity index is 2.01. The fraction of sp³-hybridized carbons (Fsp3) is 0.667. The van der Waals surface area contributed by atoms with Crippen LogP contribution >= 0.6 is 0 Å². The van der Waals surface area contributed by atoms with E-state index in [1.807, 2.05) is 19.9 Å². The van der Waals surface area contributed by atoms with Gasteiger partial charge in [0.2, 0.25) is 5.91 Å². The Bertz CT molecular complexity index is 430. The second kappa shape index (κ2) is 3.10. The number of carbonyl (C=O) groups is 2. The summed E-state index contributed by atoms with van der Waals surface area (Å²) in [6.45, 7) is 4.28. The number of amides is 1. The van der Waals surface area contributed by atoms with Crippen molar-refractivity contribution in [1.82, 2.24) is 4.90 Å². The molecule has 0 aromatic heterocycles. The summed E-state index contributed by atoms with van der Waals surface area (Å²) >= 11 is 0. The number of carbonyl (C=O) groups excluding carboxylic acids is 2. The third-order valence-electron chi connectivity index (χ3n) is 4.03. The van der Waals surface area contributed by atoms with Crippen LogP contribution in [0.15, 0.2) is 12.2 Å². The van der Waals surface area contributed by atoms with E-state index in [4.69, 9.17) is 4.74 Å². The number of fused-ring (bicyclic) bond motifs is 1. The normalized spacial score (nSPS) is 42.6. The zero-order chi connectivity index (χ0) is 12.4. The first kappa shape index (κ1) is 10.8. The van der Waals surface area contributed by atoms with Gasteiger partial charge >= 0.3 is 0 Å². The lowest BCUT2D eigenvalue weighted by atomic mass is 9.77. The molecular formula is C12H14NO4-. The van der Waals surface area contributed by atoms with Gasteiger partial charge in [0.05, 0.1) is 18.6 Å². The molecule has 0 radical (unpaired) electrons. The summed E-state index contributed by atoms with van der Waals surface area (Å²) in [4.78, 5) is 25.1. The zero-order valence-corrected chi connectivity index (χ0v) is 9.75. The Kier molecular flexibility index (Phi) is 1.96. The molecule has 2 saturated heterocycles. The van der Waals surface area contributed by atoms with E-state index in [-0.39, 0.29) is 11.9 Å². The smallest absolute Gasteiger partial charge is 0.230 e. The van der Waals surface area contributed by atoms with E-state index in [1.165, 1.54) is 0 Å². The highest BCUT2D eigenvalue weighted by Gasteiger charge is 2.65. The van der Waals surface area contributed by atoms with Crippen LogP contribution in [-0.2, 0) is 14.3 Å². The number of carboxylic acids is 1. The summed E-state index contributed by atoms with van der Waals surface area (Å²) in [5.74, 6) is -2.76. The number of aliphatic carboxylic acids is 1. The predicted molar refractivity (Wildman–Crippen MR) is 55.6 cm³/mol. The predicted octanol–water partition coefficient (Wildman–Crippen LogP) is -1.07. The van der Waals surface area contributed by atoms with E-state index in [2.05, 4.69) is 0 Å². The van der Waals surface area contributed by atoms with Gasteiger partial charge in [0, 0.05) is 17.9 Å². The van der Waals surface area contributed by atoms with Crippen LogP contribution in [0.1, 0.15) is 13.8 Å². The average molecular weight is 236 g/mol. The minimum Gasteiger partial charge on any atom is -0.550 e. The molecule has 1 spiro atoms. The second-order valence-corrected chi connectivity index (χ2v) is 5.28. The first-order valence-electron chi connectivity index (χ1n) is 5.85. The van der Waals surface area contributed by atoms with Crippen molar-refractivity contribution in [3.05, 3.63) is 12.2 Å². The first-order valence-corrected chi connectivity index (χ1v) is 5.85. The summed E-state index contributed by atoms with van der Waals surface area (Å²) in [7, 11) is 0. The van der Waals surface area contributed by atoms with Crippen LogP contribution in [0, 0.1) is 11.8 Å².